The van der Waals surface area contributed by atoms with Crippen molar-refractivity contribution < 1.29 is 0 Å². The fourth-order valence-electron chi connectivity index (χ4n) is 0.681. The molecule has 3 heteroatoms. The molecule has 12 heavy (non-hydrogen) atoms. The minimum Gasteiger partial charge on any atom is -0.370 e. The number of nitrogens with two attached hydrogens (primary N) is 1. The van der Waals surface area contributed by atoms with Crippen molar-refractivity contribution in [2.24, 2.45) is 16.6 Å². The summed E-state index contributed by atoms with van der Waals surface area (Å²) in [5, 5.41) is 3.11. The van der Waals surface area contributed by atoms with Gasteiger partial charge in [0.15, 0.2) is 5.96 Å². The standard InChI is InChI=1S/C9H21N3/c1-5-8(4)12-9(10)11-6-7(2)3/h7-8H,5-6H2,1-4H3,(H3,10,11,12). The molecule has 72 valence electrons. The first-order valence-electron chi connectivity index (χ1n) is 4.62. The zero-order valence-electron chi connectivity index (χ0n) is 8.59. The summed E-state index contributed by atoms with van der Waals surface area (Å²) < 4.78 is 0. The number of rotatable bonds is 4. The van der Waals surface area contributed by atoms with Crippen molar-refractivity contribution >= 4 is 5.96 Å². The van der Waals surface area contributed by atoms with Crippen molar-refractivity contribution in [2.45, 2.75) is 40.2 Å². The lowest BCUT2D eigenvalue weighted by molar-refractivity contribution is 0.624. The molecule has 3 N–H and O–H groups in total. The van der Waals surface area contributed by atoms with Gasteiger partial charge in [-0.3, -0.25) is 4.99 Å². The van der Waals surface area contributed by atoms with Crippen LogP contribution in [0.5, 0.6) is 0 Å². The Morgan fingerprint density at radius 3 is 2.42 bits per heavy atom. The average Bonchev–Trinajstić information content (AvgIpc) is 2.00. The highest BCUT2D eigenvalue weighted by molar-refractivity contribution is 5.78. The van der Waals surface area contributed by atoms with Crippen molar-refractivity contribution in [1.29, 1.82) is 0 Å². The highest BCUT2D eigenvalue weighted by Gasteiger charge is 1.98. The lowest BCUT2D eigenvalue weighted by atomic mass is 10.2. The highest BCUT2D eigenvalue weighted by Crippen LogP contribution is 1.91. The van der Waals surface area contributed by atoms with Crippen molar-refractivity contribution in [1.82, 2.24) is 5.32 Å². The Morgan fingerprint density at radius 2 is 2.00 bits per heavy atom. The molecular formula is C9H21N3. The van der Waals surface area contributed by atoms with Crippen LogP contribution >= 0.6 is 0 Å². The van der Waals surface area contributed by atoms with Gasteiger partial charge < -0.3 is 11.1 Å². The number of hydrogen-bond acceptors (Lipinski definition) is 1. The first-order valence-corrected chi connectivity index (χ1v) is 4.62. The van der Waals surface area contributed by atoms with E-state index in [9.17, 15) is 0 Å². The second kappa shape index (κ2) is 5.86. The van der Waals surface area contributed by atoms with Crippen LogP contribution in [0.3, 0.4) is 0 Å². The Morgan fingerprint density at radius 1 is 1.42 bits per heavy atom. The maximum Gasteiger partial charge on any atom is 0.188 e. The molecule has 1 unspecified atom stereocenters. The monoisotopic (exact) mass is 171 g/mol. The van der Waals surface area contributed by atoms with Crippen LogP contribution in [-0.2, 0) is 0 Å². The molecule has 0 aliphatic rings. The summed E-state index contributed by atoms with van der Waals surface area (Å²) in [6, 6.07) is 0.418. The molecule has 0 aliphatic heterocycles. The van der Waals surface area contributed by atoms with E-state index in [1.54, 1.807) is 0 Å². The normalized spacial score (nSPS) is 14.9. The van der Waals surface area contributed by atoms with Crippen LogP contribution in [0.1, 0.15) is 34.1 Å². The van der Waals surface area contributed by atoms with Crippen molar-refractivity contribution in [2.75, 3.05) is 6.54 Å². The molecule has 0 radical (unpaired) electrons. The molecule has 3 nitrogen and oxygen atoms in total. The third-order valence-electron chi connectivity index (χ3n) is 1.63. The van der Waals surface area contributed by atoms with E-state index in [4.69, 9.17) is 5.73 Å². The minimum atomic E-state index is 0.418. The predicted molar refractivity (Wildman–Crippen MR) is 54.2 cm³/mol. The van der Waals surface area contributed by atoms with Crippen molar-refractivity contribution in [3.63, 3.8) is 0 Å². The van der Waals surface area contributed by atoms with E-state index in [1.165, 1.54) is 0 Å². The van der Waals surface area contributed by atoms with Gasteiger partial charge in [0.1, 0.15) is 0 Å². The van der Waals surface area contributed by atoms with E-state index in [0.717, 1.165) is 13.0 Å². The molecule has 0 aromatic heterocycles. The smallest absolute Gasteiger partial charge is 0.188 e. The van der Waals surface area contributed by atoms with Crippen LogP contribution in [0.25, 0.3) is 0 Å². The van der Waals surface area contributed by atoms with Gasteiger partial charge >= 0.3 is 0 Å². The Kier molecular flexibility index (Phi) is 5.51. The minimum absolute atomic E-state index is 0.418. The van der Waals surface area contributed by atoms with E-state index in [1.807, 2.05) is 0 Å². The molecule has 1 atom stereocenters. The zero-order chi connectivity index (χ0) is 9.56. The topological polar surface area (TPSA) is 50.4 Å². The molecule has 0 rings (SSSR count). The van der Waals surface area contributed by atoms with Gasteiger partial charge in [0.2, 0.25) is 0 Å². The van der Waals surface area contributed by atoms with Crippen molar-refractivity contribution in [3.8, 4) is 0 Å². The zero-order valence-corrected chi connectivity index (χ0v) is 8.59. The van der Waals surface area contributed by atoms with Crippen molar-refractivity contribution in [3.05, 3.63) is 0 Å². The molecule has 0 amide bonds. The molecule has 0 heterocycles. The summed E-state index contributed by atoms with van der Waals surface area (Å²) in [6.07, 6.45) is 1.07. The van der Waals surface area contributed by atoms with Crippen LogP contribution in [-0.4, -0.2) is 18.5 Å². The van der Waals surface area contributed by atoms with Gasteiger partial charge in [0.05, 0.1) is 0 Å². The predicted octanol–water partition coefficient (Wildman–Crippen LogP) is 1.35. The van der Waals surface area contributed by atoms with Crippen LogP contribution in [0.4, 0.5) is 0 Å². The lowest BCUT2D eigenvalue weighted by Gasteiger charge is -2.11. The number of aliphatic imine (C=N–C) groups is 1. The fourth-order valence-corrected chi connectivity index (χ4v) is 0.681. The molecule has 0 aromatic carbocycles. The average molecular weight is 171 g/mol. The fraction of sp³-hybridized carbons (Fsp3) is 0.889. The first-order chi connectivity index (χ1) is 5.56. The quantitative estimate of drug-likeness (QED) is 0.495. The Hall–Kier alpha value is -0.730. The SMILES string of the molecule is CCC(C)NC(N)=NCC(C)C. The summed E-state index contributed by atoms with van der Waals surface area (Å²) in [5.41, 5.74) is 5.64. The second-order valence-corrected chi connectivity index (χ2v) is 3.57. The Bertz CT molecular complexity index is 141. The van der Waals surface area contributed by atoms with E-state index in [-0.39, 0.29) is 0 Å². The maximum atomic E-state index is 5.64. The lowest BCUT2D eigenvalue weighted by Crippen LogP contribution is -2.38. The van der Waals surface area contributed by atoms with E-state index in [2.05, 4.69) is 38.0 Å². The molecule has 0 spiro atoms. The first kappa shape index (κ1) is 11.3. The molecule has 0 aromatic rings. The number of hydrogen-bond donors (Lipinski definition) is 2. The van der Waals surface area contributed by atoms with Crippen LogP contribution < -0.4 is 11.1 Å². The number of nitrogens with zero attached hydrogens (tertiary/aromatic N) is 1. The highest BCUT2D eigenvalue weighted by atomic mass is 15.1. The van der Waals surface area contributed by atoms with Gasteiger partial charge in [-0.25, -0.2) is 0 Å². The molecule has 0 fully saturated rings. The summed E-state index contributed by atoms with van der Waals surface area (Å²) >= 11 is 0. The van der Waals surface area contributed by atoms with Crippen LogP contribution in [0, 0.1) is 5.92 Å². The summed E-state index contributed by atoms with van der Waals surface area (Å²) in [7, 11) is 0. The van der Waals surface area contributed by atoms with Gasteiger partial charge in [-0.1, -0.05) is 20.8 Å². The van der Waals surface area contributed by atoms with E-state index >= 15 is 0 Å². The largest absolute Gasteiger partial charge is 0.370 e. The van der Waals surface area contributed by atoms with Gasteiger partial charge in [0.25, 0.3) is 0 Å². The summed E-state index contributed by atoms with van der Waals surface area (Å²) in [5.74, 6) is 1.14. The van der Waals surface area contributed by atoms with E-state index in [0.29, 0.717) is 17.9 Å². The van der Waals surface area contributed by atoms with Gasteiger partial charge in [-0.2, -0.15) is 0 Å². The Labute approximate surface area is 75.4 Å². The van der Waals surface area contributed by atoms with Gasteiger partial charge in [0, 0.05) is 12.6 Å². The summed E-state index contributed by atoms with van der Waals surface area (Å²) in [6.45, 7) is 9.26. The van der Waals surface area contributed by atoms with E-state index < -0.39 is 0 Å². The second-order valence-electron chi connectivity index (χ2n) is 3.57. The number of guanidine groups is 1. The molecule has 0 saturated carbocycles. The van der Waals surface area contributed by atoms with Crippen LogP contribution in [0.15, 0.2) is 4.99 Å². The summed E-state index contributed by atoms with van der Waals surface area (Å²) in [4.78, 5) is 4.19. The third kappa shape index (κ3) is 6.01. The molecule has 0 aliphatic carbocycles. The molecule has 0 saturated heterocycles. The van der Waals surface area contributed by atoms with Gasteiger partial charge in [-0.05, 0) is 19.3 Å². The third-order valence-corrected chi connectivity index (χ3v) is 1.63. The van der Waals surface area contributed by atoms with Gasteiger partial charge in [-0.15, -0.1) is 0 Å². The molecular weight excluding hydrogens is 150 g/mol. The Balaban J connectivity index is 3.69. The van der Waals surface area contributed by atoms with Crippen LogP contribution in [0.2, 0.25) is 0 Å². The molecule has 0 bridgehead atoms. The number of nitrogens with one attached hydrogen (secondary N) is 1. The maximum absolute atomic E-state index is 5.64.